The highest BCUT2D eigenvalue weighted by molar-refractivity contribution is 5.94. The Bertz CT molecular complexity index is 734. The van der Waals surface area contributed by atoms with E-state index in [9.17, 15) is 9.90 Å². The molecule has 2 aromatic rings. The molecular weight excluding hydrogens is 312 g/mol. The van der Waals surface area contributed by atoms with Gasteiger partial charge in [-0.1, -0.05) is 37.1 Å². The summed E-state index contributed by atoms with van der Waals surface area (Å²) < 4.78 is 0. The van der Waals surface area contributed by atoms with E-state index in [1.807, 2.05) is 47.4 Å². The zero-order valence-corrected chi connectivity index (χ0v) is 14.3. The first kappa shape index (κ1) is 16.3. The van der Waals surface area contributed by atoms with Crippen molar-refractivity contribution in [2.24, 2.45) is 5.92 Å². The Balaban J connectivity index is 1.66. The van der Waals surface area contributed by atoms with E-state index in [1.165, 1.54) is 0 Å². The molecule has 4 rings (SSSR count). The molecule has 0 bridgehead atoms. The number of carbonyl (C=O) groups is 1. The van der Waals surface area contributed by atoms with Crippen LogP contribution in [0.1, 0.15) is 48.0 Å². The summed E-state index contributed by atoms with van der Waals surface area (Å²) in [6.07, 6.45) is 8.22. The highest BCUT2D eigenvalue weighted by Gasteiger charge is 2.50. The SMILES string of the molecule is O=C(c1ccccc1)N1CC[C@](O)(c2cccnc2)[C@@H]2CCCC[C@H]21. The number of fused-ring (bicyclic) bond motifs is 1. The molecule has 4 heteroatoms. The second-order valence-corrected chi connectivity index (χ2v) is 7.24. The van der Waals surface area contributed by atoms with Crippen LogP contribution in [0.25, 0.3) is 0 Å². The molecule has 0 radical (unpaired) electrons. The molecule has 1 saturated heterocycles. The lowest BCUT2D eigenvalue weighted by atomic mass is 9.66. The Hall–Kier alpha value is -2.20. The molecule has 25 heavy (non-hydrogen) atoms. The summed E-state index contributed by atoms with van der Waals surface area (Å²) in [5.41, 5.74) is 0.740. The molecule has 130 valence electrons. The van der Waals surface area contributed by atoms with Crippen LogP contribution in [0.4, 0.5) is 0 Å². The highest BCUT2D eigenvalue weighted by atomic mass is 16.3. The normalized spacial score (nSPS) is 29.1. The summed E-state index contributed by atoms with van der Waals surface area (Å²) >= 11 is 0. The Labute approximate surface area is 148 Å². The molecule has 2 aliphatic rings. The molecule has 1 amide bonds. The number of aromatic nitrogens is 1. The van der Waals surface area contributed by atoms with Crippen molar-refractivity contribution >= 4 is 5.91 Å². The van der Waals surface area contributed by atoms with Crippen molar-refractivity contribution in [2.75, 3.05) is 6.54 Å². The van der Waals surface area contributed by atoms with Gasteiger partial charge in [0.05, 0.1) is 5.60 Å². The van der Waals surface area contributed by atoms with Crippen LogP contribution in [-0.2, 0) is 5.60 Å². The molecule has 1 aliphatic carbocycles. The number of carbonyl (C=O) groups excluding carboxylic acids is 1. The van der Waals surface area contributed by atoms with Gasteiger partial charge in [-0.15, -0.1) is 0 Å². The summed E-state index contributed by atoms with van der Waals surface area (Å²) in [5, 5.41) is 11.5. The average molecular weight is 336 g/mol. The van der Waals surface area contributed by atoms with Crippen LogP contribution >= 0.6 is 0 Å². The number of rotatable bonds is 2. The molecule has 0 unspecified atom stereocenters. The minimum atomic E-state index is -0.882. The number of piperidine rings is 1. The third-order valence-corrected chi connectivity index (χ3v) is 5.92. The molecule has 0 spiro atoms. The van der Waals surface area contributed by atoms with Crippen LogP contribution in [0.15, 0.2) is 54.9 Å². The summed E-state index contributed by atoms with van der Waals surface area (Å²) in [7, 11) is 0. The largest absolute Gasteiger partial charge is 0.385 e. The summed E-state index contributed by atoms with van der Waals surface area (Å²) in [5.74, 6) is 0.164. The van der Waals surface area contributed by atoms with Crippen LogP contribution in [-0.4, -0.2) is 33.5 Å². The van der Waals surface area contributed by atoms with Gasteiger partial charge in [0.1, 0.15) is 0 Å². The molecule has 1 aliphatic heterocycles. The molecule has 4 nitrogen and oxygen atoms in total. The molecular formula is C21H24N2O2. The molecule has 2 fully saturated rings. The highest BCUT2D eigenvalue weighted by Crippen LogP contribution is 2.47. The third-order valence-electron chi connectivity index (χ3n) is 5.92. The van der Waals surface area contributed by atoms with Crippen molar-refractivity contribution in [3.63, 3.8) is 0 Å². The zero-order valence-electron chi connectivity index (χ0n) is 14.3. The average Bonchev–Trinajstić information content (AvgIpc) is 2.69. The van der Waals surface area contributed by atoms with Crippen LogP contribution in [0, 0.1) is 5.92 Å². The topological polar surface area (TPSA) is 53.4 Å². The van der Waals surface area contributed by atoms with Crippen molar-refractivity contribution < 1.29 is 9.90 Å². The fraction of sp³-hybridized carbons (Fsp3) is 0.429. The summed E-state index contributed by atoms with van der Waals surface area (Å²) in [4.78, 5) is 19.2. The van der Waals surface area contributed by atoms with Gasteiger partial charge in [-0.3, -0.25) is 9.78 Å². The standard InChI is InChI=1S/C21H24N2O2/c24-20(16-7-2-1-3-8-16)23-14-12-21(25,17-9-6-13-22-15-17)18-10-4-5-11-19(18)23/h1-3,6-9,13,15,18-19,25H,4-5,10-12,14H2/t18-,19-,21+/m1/s1. The van der Waals surface area contributed by atoms with Crippen molar-refractivity contribution in [3.8, 4) is 0 Å². The Kier molecular flexibility index (Phi) is 4.30. The van der Waals surface area contributed by atoms with Crippen LogP contribution in [0.5, 0.6) is 0 Å². The number of hydrogen-bond acceptors (Lipinski definition) is 3. The molecule has 1 aromatic heterocycles. The number of amides is 1. The fourth-order valence-corrected chi connectivity index (χ4v) is 4.66. The predicted octanol–water partition coefficient (Wildman–Crippen LogP) is 3.37. The maximum Gasteiger partial charge on any atom is 0.254 e. The van der Waals surface area contributed by atoms with E-state index in [1.54, 1.807) is 12.4 Å². The van der Waals surface area contributed by atoms with Gasteiger partial charge < -0.3 is 10.0 Å². The third kappa shape index (κ3) is 2.85. The summed E-state index contributed by atoms with van der Waals surface area (Å²) in [6.45, 7) is 0.584. The van der Waals surface area contributed by atoms with Gasteiger partial charge in [-0.2, -0.15) is 0 Å². The number of aliphatic hydroxyl groups is 1. The number of hydrogen-bond donors (Lipinski definition) is 1. The molecule has 1 N–H and O–H groups in total. The van der Waals surface area contributed by atoms with Crippen LogP contribution < -0.4 is 0 Å². The fourth-order valence-electron chi connectivity index (χ4n) is 4.66. The van der Waals surface area contributed by atoms with Gasteiger partial charge in [0.25, 0.3) is 5.91 Å². The lowest BCUT2D eigenvalue weighted by molar-refractivity contribution is -0.110. The van der Waals surface area contributed by atoms with E-state index in [0.29, 0.717) is 13.0 Å². The maximum atomic E-state index is 13.0. The van der Waals surface area contributed by atoms with E-state index in [2.05, 4.69) is 4.98 Å². The molecule has 1 aromatic carbocycles. The van der Waals surface area contributed by atoms with E-state index in [0.717, 1.165) is 36.8 Å². The van der Waals surface area contributed by atoms with Gasteiger partial charge in [0, 0.05) is 42.0 Å². The lowest BCUT2D eigenvalue weighted by Crippen LogP contribution is -2.59. The number of pyridine rings is 1. The minimum Gasteiger partial charge on any atom is -0.385 e. The van der Waals surface area contributed by atoms with Gasteiger partial charge >= 0.3 is 0 Å². The smallest absolute Gasteiger partial charge is 0.254 e. The summed E-state index contributed by atoms with van der Waals surface area (Å²) in [6, 6.07) is 13.4. The number of benzene rings is 1. The number of nitrogens with zero attached hydrogens (tertiary/aromatic N) is 2. The molecule has 2 heterocycles. The van der Waals surface area contributed by atoms with Crippen molar-refractivity contribution in [2.45, 2.75) is 43.7 Å². The first-order valence-electron chi connectivity index (χ1n) is 9.19. The van der Waals surface area contributed by atoms with E-state index in [4.69, 9.17) is 0 Å². The van der Waals surface area contributed by atoms with Gasteiger partial charge in [0.15, 0.2) is 0 Å². The first-order valence-corrected chi connectivity index (χ1v) is 9.19. The second-order valence-electron chi connectivity index (χ2n) is 7.24. The van der Waals surface area contributed by atoms with Gasteiger partial charge in [0.2, 0.25) is 0 Å². The van der Waals surface area contributed by atoms with E-state index < -0.39 is 5.60 Å². The minimum absolute atomic E-state index is 0.0758. The Morgan fingerprint density at radius 2 is 1.92 bits per heavy atom. The second kappa shape index (κ2) is 6.60. The van der Waals surface area contributed by atoms with Crippen LogP contribution in [0.3, 0.4) is 0 Å². The predicted molar refractivity (Wildman–Crippen MR) is 96.0 cm³/mol. The Morgan fingerprint density at radius 3 is 2.68 bits per heavy atom. The quantitative estimate of drug-likeness (QED) is 0.915. The zero-order chi connectivity index (χ0) is 17.3. The molecule has 3 atom stereocenters. The van der Waals surface area contributed by atoms with Crippen molar-refractivity contribution in [1.82, 2.24) is 9.88 Å². The molecule has 1 saturated carbocycles. The maximum absolute atomic E-state index is 13.0. The van der Waals surface area contributed by atoms with Gasteiger partial charge in [-0.25, -0.2) is 0 Å². The van der Waals surface area contributed by atoms with E-state index in [-0.39, 0.29) is 17.9 Å². The lowest BCUT2D eigenvalue weighted by Gasteiger charge is -2.52. The van der Waals surface area contributed by atoms with E-state index >= 15 is 0 Å². The Morgan fingerprint density at radius 1 is 1.12 bits per heavy atom. The van der Waals surface area contributed by atoms with Crippen LogP contribution in [0.2, 0.25) is 0 Å². The van der Waals surface area contributed by atoms with Crippen molar-refractivity contribution in [3.05, 3.63) is 66.0 Å². The van der Waals surface area contributed by atoms with Crippen molar-refractivity contribution in [1.29, 1.82) is 0 Å². The first-order chi connectivity index (χ1) is 12.2. The number of likely N-dealkylation sites (tertiary alicyclic amines) is 1. The van der Waals surface area contributed by atoms with Gasteiger partial charge in [-0.05, 0) is 37.5 Å². The monoisotopic (exact) mass is 336 g/mol.